The molecule has 0 aliphatic heterocycles. The van der Waals surface area contributed by atoms with Crippen LogP contribution < -0.4 is 16.0 Å². The Hall–Kier alpha value is -3.74. The Morgan fingerprint density at radius 1 is 1.05 bits per heavy atom. The number of benzene rings is 2. The maximum absolute atomic E-state index is 13.7. The van der Waals surface area contributed by atoms with E-state index in [0.717, 1.165) is 23.0 Å². The number of aryl methyl sites for hydroxylation is 2. The number of hydrogen-bond donors (Lipinski definition) is 3. The van der Waals surface area contributed by atoms with Crippen LogP contribution in [-0.2, 0) is 12.7 Å². The van der Waals surface area contributed by atoms with Gasteiger partial charge in [0.2, 0.25) is 0 Å². The zero-order valence-electron chi connectivity index (χ0n) is 21.4. The highest BCUT2D eigenvalue weighted by molar-refractivity contribution is 7.17. The van der Waals surface area contributed by atoms with Gasteiger partial charge in [0, 0.05) is 18.3 Å². The third-order valence-electron chi connectivity index (χ3n) is 5.44. The molecule has 2 heterocycles. The van der Waals surface area contributed by atoms with Gasteiger partial charge >= 0.3 is 6.18 Å². The molecule has 0 unspecified atom stereocenters. The summed E-state index contributed by atoms with van der Waals surface area (Å²) in [6.07, 6.45) is -3.08. The van der Waals surface area contributed by atoms with E-state index >= 15 is 0 Å². The molecule has 3 N–H and O–H groups in total. The van der Waals surface area contributed by atoms with E-state index in [9.17, 15) is 18.0 Å². The Kier molecular flexibility index (Phi) is 8.38. The Morgan fingerprint density at radius 3 is 2.44 bits per heavy atom. The van der Waals surface area contributed by atoms with Crippen LogP contribution in [0.15, 0.2) is 48.7 Å². The van der Waals surface area contributed by atoms with Gasteiger partial charge in [0.15, 0.2) is 5.13 Å². The minimum Gasteiger partial charge on any atom is -0.340 e. The van der Waals surface area contributed by atoms with Gasteiger partial charge in [0.05, 0.1) is 22.5 Å². The average Bonchev–Trinajstić information content (AvgIpc) is 3.29. The quantitative estimate of drug-likeness (QED) is 0.208. The van der Waals surface area contributed by atoms with E-state index in [1.165, 1.54) is 12.3 Å². The number of rotatable bonds is 8. The Morgan fingerprint density at radius 2 is 1.77 bits per heavy atom. The summed E-state index contributed by atoms with van der Waals surface area (Å²) >= 11 is 7.31. The van der Waals surface area contributed by atoms with Gasteiger partial charge in [0.25, 0.3) is 5.91 Å². The van der Waals surface area contributed by atoms with E-state index in [1.54, 1.807) is 50.2 Å². The van der Waals surface area contributed by atoms with Crippen molar-refractivity contribution in [2.75, 3.05) is 30.0 Å². The Bertz CT molecular complexity index is 1490. The smallest absolute Gasteiger partial charge is 0.340 e. The van der Waals surface area contributed by atoms with Crippen molar-refractivity contribution in [3.8, 4) is 0 Å². The molecule has 2 aromatic carbocycles. The number of alkyl halides is 3. The fraction of sp³-hybridized carbons (Fsp3) is 0.231. The van der Waals surface area contributed by atoms with Crippen LogP contribution in [0, 0.1) is 13.8 Å². The van der Waals surface area contributed by atoms with Crippen molar-refractivity contribution < 1.29 is 18.0 Å². The Balaban J connectivity index is 1.50. The topological polar surface area (TPSA) is 95.1 Å². The zero-order chi connectivity index (χ0) is 28.3. The number of para-hydroxylation sites is 1. The lowest BCUT2D eigenvalue weighted by atomic mass is 10.1. The van der Waals surface area contributed by atoms with E-state index in [4.69, 9.17) is 11.6 Å². The summed E-state index contributed by atoms with van der Waals surface area (Å²) < 4.78 is 41.1. The monoisotopic (exact) mass is 575 g/mol. The van der Waals surface area contributed by atoms with Crippen molar-refractivity contribution >= 4 is 57.0 Å². The number of halogens is 4. The van der Waals surface area contributed by atoms with Crippen molar-refractivity contribution in [1.82, 2.24) is 19.9 Å². The maximum atomic E-state index is 13.7. The zero-order valence-corrected chi connectivity index (χ0v) is 23.0. The van der Waals surface area contributed by atoms with Crippen LogP contribution in [0.5, 0.6) is 0 Å². The predicted octanol–water partition coefficient (Wildman–Crippen LogP) is 7.02. The second kappa shape index (κ2) is 11.6. The second-order valence-electron chi connectivity index (χ2n) is 8.96. The molecule has 8 nitrogen and oxygen atoms in total. The summed E-state index contributed by atoms with van der Waals surface area (Å²) in [6, 6.07) is 11.0. The first-order valence-electron chi connectivity index (χ1n) is 11.7. The standard InChI is InChI=1S/C26H25ClF3N7OS/c1-14-6-5-7-19(27)23(14)36-24(38)20-12-31-25(39-20)35-22-11-21(32-15(2)33-22)34-17-9-8-16(13-37(3)4)18(10-17)26(28,29)30/h5-12H,13H2,1-4H3,(H,36,38)(H2,31,32,33,34,35). The molecule has 0 atom stereocenters. The van der Waals surface area contributed by atoms with Crippen molar-refractivity contribution in [2.45, 2.75) is 26.6 Å². The van der Waals surface area contributed by atoms with Gasteiger partial charge in [-0.2, -0.15) is 13.2 Å². The fourth-order valence-corrected chi connectivity index (χ4v) is 4.74. The number of anilines is 5. The largest absolute Gasteiger partial charge is 0.416 e. The lowest BCUT2D eigenvalue weighted by Gasteiger charge is -2.18. The maximum Gasteiger partial charge on any atom is 0.416 e. The number of aromatic nitrogens is 3. The number of nitrogens with one attached hydrogen (secondary N) is 3. The van der Waals surface area contributed by atoms with Crippen molar-refractivity contribution in [1.29, 1.82) is 0 Å². The van der Waals surface area contributed by atoms with E-state index in [0.29, 0.717) is 38.2 Å². The summed E-state index contributed by atoms with van der Waals surface area (Å²) in [5.74, 6) is 0.665. The molecule has 4 aromatic rings. The highest BCUT2D eigenvalue weighted by Crippen LogP contribution is 2.35. The highest BCUT2D eigenvalue weighted by Gasteiger charge is 2.33. The predicted molar refractivity (Wildman–Crippen MR) is 148 cm³/mol. The SMILES string of the molecule is Cc1nc(Nc2ccc(CN(C)C)c(C(F)(F)F)c2)cc(Nc2ncc(C(=O)Nc3c(C)cccc3Cl)s2)n1. The van der Waals surface area contributed by atoms with Crippen molar-refractivity contribution in [3.63, 3.8) is 0 Å². The normalized spacial score (nSPS) is 11.5. The van der Waals surface area contributed by atoms with Crippen molar-refractivity contribution in [3.05, 3.63) is 81.1 Å². The van der Waals surface area contributed by atoms with E-state index in [-0.39, 0.29) is 23.7 Å². The fourth-order valence-electron chi connectivity index (χ4n) is 3.75. The minimum absolute atomic E-state index is 0.154. The second-order valence-corrected chi connectivity index (χ2v) is 10.4. The molecule has 0 bridgehead atoms. The molecule has 0 radical (unpaired) electrons. The molecule has 2 aromatic heterocycles. The molecule has 0 saturated heterocycles. The van der Waals surface area contributed by atoms with Crippen LogP contribution >= 0.6 is 22.9 Å². The van der Waals surface area contributed by atoms with E-state index in [2.05, 4.69) is 30.9 Å². The molecule has 0 spiro atoms. The van der Waals surface area contributed by atoms with Crippen LogP contribution in [0.4, 0.5) is 41.3 Å². The Labute approximate surface area is 232 Å². The number of hydrogen-bond acceptors (Lipinski definition) is 8. The summed E-state index contributed by atoms with van der Waals surface area (Å²) in [6.45, 7) is 3.65. The first kappa shape index (κ1) is 28.3. The molecule has 1 amide bonds. The van der Waals surface area contributed by atoms with Gasteiger partial charge in [-0.25, -0.2) is 15.0 Å². The van der Waals surface area contributed by atoms with Gasteiger partial charge < -0.3 is 20.9 Å². The van der Waals surface area contributed by atoms with Gasteiger partial charge in [-0.15, -0.1) is 0 Å². The van der Waals surface area contributed by atoms with Gasteiger partial charge in [-0.1, -0.05) is 41.1 Å². The molecule has 0 aliphatic rings. The molecule has 0 aliphatic carbocycles. The average molecular weight is 576 g/mol. The number of thiazole rings is 1. The van der Waals surface area contributed by atoms with E-state index in [1.807, 2.05) is 13.0 Å². The third kappa shape index (κ3) is 7.22. The summed E-state index contributed by atoms with van der Waals surface area (Å²) in [5.41, 5.74) is 1.04. The number of amides is 1. The summed E-state index contributed by atoms with van der Waals surface area (Å²) in [4.78, 5) is 27.6. The van der Waals surface area contributed by atoms with Crippen LogP contribution in [0.25, 0.3) is 0 Å². The molecule has 39 heavy (non-hydrogen) atoms. The third-order valence-corrected chi connectivity index (χ3v) is 6.66. The molecule has 4 rings (SSSR count). The molecule has 0 saturated carbocycles. The lowest BCUT2D eigenvalue weighted by molar-refractivity contribution is -0.138. The summed E-state index contributed by atoms with van der Waals surface area (Å²) in [5, 5.41) is 9.57. The van der Waals surface area contributed by atoms with Gasteiger partial charge in [0.1, 0.15) is 22.3 Å². The lowest BCUT2D eigenvalue weighted by Crippen LogP contribution is -2.16. The first-order valence-corrected chi connectivity index (χ1v) is 12.9. The molecule has 0 fully saturated rings. The molecular formula is C26H25ClF3N7OS. The van der Waals surface area contributed by atoms with Crippen LogP contribution in [0.2, 0.25) is 5.02 Å². The van der Waals surface area contributed by atoms with Crippen LogP contribution in [-0.4, -0.2) is 39.9 Å². The number of carbonyl (C=O) groups is 1. The molecular weight excluding hydrogens is 551 g/mol. The van der Waals surface area contributed by atoms with Crippen molar-refractivity contribution in [2.24, 2.45) is 0 Å². The summed E-state index contributed by atoms with van der Waals surface area (Å²) in [7, 11) is 3.42. The minimum atomic E-state index is -4.50. The van der Waals surface area contributed by atoms with Crippen LogP contribution in [0.3, 0.4) is 0 Å². The van der Waals surface area contributed by atoms with Gasteiger partial charge in [-0.05, 0) is 57.3 Å². The first-order chi connectivity index (χ1) is 18.4. The number of carbonyl (C=O) groups excluding carboxylic acids is 1. The van der Waals surface area contributed by atoms with Gasteiger partial charge in [-0.3, -0.25) is 4.79 Å². The number of nitrogens with zero attached hydrogens (tertiary/aromatic N) is 4. The molecule has 204 valence electrons. The highest BCUT2D eigenvalue weighted by atomic mass is 35.5. The molecule has 13 heteroatoms. The van der Waals surface area contributed by atoms with E-state index < -0.39 is 11.7 Å². The van der Waals surface area contributed by atoms with Crippen LogP contribution in [0.1, 0.15) is 32.2 Å².